The first-order chi connectivity index (χ1) is 7.67. The van der Waals surface area contributed by atoms with Crippen LogP contribution >= 0.6 is 0 Å². The fourth-order valence-electron chi connectivity index (χ4n) is 1.75. The normalized spacial score (nSPS) is 22.3. The molecule has 1 unspecified atom stereocenters. The molecule has 16 heavy (non-hydrogen) atoms. The summed E-state index contributed by atoms with van der Waals surface area (Å²) < 4.78 is 0. The van der Waals surface area contributed by atoms with Gasteiger partial charge in [0, 0.05) is 5.41 Å². The summed E-state index contributed by atoms with van der Waals surface area (Å²) >= 11 is 0. The molecule has 1 aliphatic carbocycles. The third kappa shape index (κ3) is 1.92. The van der Waals surface area contributed by atoms with Crippen molar-refractivity contribution in [1.29, 1.82) is 0 Å². The van der Waals surface area contributed by atoms with Crippen LogP contribution in [0.15, 0.2) is 49.6 Å². The van der Waals surface area contributed by atoms with E-state index in [1.165, 1.54) is 11.1 Å². The molecule has 0 saturated heterocycles. The van der Waals surface area contributed by atoms with E-state index in [-0.39, 0.29) is 5.41 Å². The van der Waals surface area contributed by atoms with E-state index in [4.69, 9.17) is 0 Å². The Morgan fingerprint density at radius 2 is 1.75 bits per heavy atom. The number of benzene rings is 1. The van der Waals surface area contributed by atoms with Gasteiger partial charge in [0.15, 0.2) is 0 Å². The van der Waals surface area contributed by atoms with Crippen molar-refractivity contribution in [1.82, 2.24) is 0 Å². The van der Waals surface area contributed by atoms with E-state index >= 15 is 0 Å². The Balaban J connectivity index is 2.52. The van der Waals surface area contributed by atoms with Gasteiger partial charge in [0.25, 0.3) is 0 Å². The molecule has 0 fully saturated rings. The van der Waals surface area contributed by atoms with Crippen LogP contribution in [0.3, 0.4) is 0 Å². The lowest BCUT2D eigenvalue weighted by molar-refractivity contribution is 0.728. The van der Waals surface area contributed by atoms with E-state index in [0.717, 1.165) is 5.56 Å². The Hall–Kier alpha value is -1.82. The smallest absolute Gasteiger partial charge is 0.0217 e. The minimum absolute atomic E-state index is 0.0483. The molecule has 0 aromatic heterocycles. The lowest BCUT2D eigenvalue weighted by atomic mass is 9.90. The van der Waals surface area contributed by atoms with Gasteiger partial charge in [-0.1, -0.05) is 55.2 Å². The molecule has 0 heterocycles. The van der Waals surface area contributed by atoms with E-state index in [9.17, 15) is 0 Å². The molecular weight excluding hydrogens is 192 g/mol. The molecule has 1 atom stereocenters. The van der Waals surface area contributed by atoms with Crippen LogP contribution in [0, 0.1) is 5.41 Å². The second-order valence-electron chi connectivity index (χ2n) is 4.33. The zero-order valence-electron chi connectivity index (χ0n) is 9.61. The minimum Gasteiger partial charge on any atom is -0.102 e. The van der Waals surface area contributed by atoms with Crippen molar-refractivity contribution in [2.75, 3.05) is 0 Å². The van der Waals surface area contributed by atoms with Crippen LogP contribution in [-0.2, 0) is 0 Å². The Bertz CT molecular complexity index is 489. The highest BCUT2D eigenvalue weighted by molar-refractivity contribution is 5.71. The maximum Gasteiger partial charge on any atom is 0.0217 e. The van der Waals surface area contributed by atoms with Gasteiger partial charge in [-0.3, -0.25) is 0 Å². The molecule has 0 aliphatic heterocycles. The predicted octanol–water partition coefficient (Wildman–Crippen LogP) is 4.56. The van der Waals surface area contributed by atoms with Gasteiger partial charge in [-0.2, -0.15) is 0 Å². The maximum absolute atomic E-state index is 3.88. The second-order valence-corrected chi connectivity index (χ2v) is 4.33. The van der Waals surface area contributed by atoms with Gasteiger partial charge >= 0.3 is 0 Å². The topological polar surface area (TPSA) is 0 Å². The highest BCUT2D eigenvalue weighted by Crippen LogP contribution is 2.29. The van der Waals surface area contributed by atoms with Gasteiger partial charge in [-0.25, -0.2) is 0 Å². The average Bonchev–Trinajstić information content (AvgIpc) is 2.50. The second kappa shape index (κ2) is 3.97. The van der Waals surface area contributed by atoms with Crippen LogP contribution in [0.5, 0.6) is 0 Å². The Kier molecular flexibility index (Phi) is 2.66. The van der Waals surface area contributed by atoms with Crippen LogP contribution in [0.25, 0.3) is 18.2 Å². The van der Waals surface area contributed by atoms with Gasteiger partial charge in [0.2, 0.25) is 0 Å². The zero-order valence-corrected chi connectivity index (χ0v) is 9.61. The zero-order chi connectivity index (χ0) is 11.6. The van der Waals surface area contributed by atoms with Gasteiger partial charge in [0.1, 0.15) is 0 Å². The summed E-state index contributed by atoms with van der Waals surface area (Å²) in [5.41, 5.74) is 3.58. The lowest BCUT2D eigenvalue weighted by Gasteiger charge is -2.14. The largest absolute Gasteiger partial charge is 0.102 e. The highest BCUT2D eigenvalue weighted by Gasteiger charge is 2.14. The molecule has 2 rings (SSSR count). The van der Waals surface area contributed by atoms with Gasteiger partial charge in [0.05, 0.1) is 0 Å². The van der Waals surface area contributed by atoms with Crippen LogP contribution in [0.2, 0.25) is 0 Å². The number of rotatable bonds is 2. The number of fused-ring (bicyclic) bond motifs is 1. The van der Waals surface area contributed by atoms with Crippen molar-refractivity contribution in [3.63, 3.8) is 0 Å². The first-order valence-electron chi connectivity index (χ1n) is 5.45. The molecule has 1 aromatic carbocycles. The summed E-state index contributed by atoms with van der Waals surface area (Å²) in [6, 6.07) is 6.36. The summed E-state index contributed by atoms with van der Waals surface area (Å²) in [7, 11) is 0. The monoisotopic (exact) mass is 208 g/mol. The van der Waals surface area contributed by atoms with Crippen molar-refractivity contribution in [2.45, 2.75) is 6.92 Å². The standard InChI is InChI=1S/C16H16/c1-4-13-6-7-14-8-10-16(3,5-2)11-9-15(14)12-13/h4-12H,1-2H2,3H3. The van der Waals surface area contributed by atoms with Crippen LogP contribution in [-0.4, -0.2) is 0 Å². The molecule has 0 bridgehead atoms. The van der Waals surface area contributed by atoms with Crippen LogP contribution in [0.4, 0.5) is 0 Å². The maximum atomic E-state index is 3.88. The molecule has 0 spiro atoms. The minimum atomic E-state index is -0.0483. The molecular formula is C16H16. The SMILES string of the molecule is C=Cc1ccc2c(c1)C=CC(C)(C=C)C=C2. The van der Waals surface area contributed by atoms with Crippen molar-refractivity contribution in [3.8, 4) is 0 Å². The quantitative estimate of drug-likeness (QED) is 0.625. The van der Waals surface area contributed by atoms with Crippen molar-refractivity contribution in [3.05, 3.63) is 66.3 Å². The molecule has 0 amide bonds. The van der Waals surface area contributed by atoms with Crippen molar-refractivity contribution >= 4 is 18.2 Å². The summed E-state index contributed by atoms with van der Waals surface area (Å²) in [5.74, 6) is 0. The fourth-order valence-corrected chi connectivity index (χ4v) is 1.75. The van der Waals surface area contributed by atoms with Crippen LogP contribution in [0.1, 0.15) is 23.6 Å². The van der Waals surface area contributed by atoms with E-state index in [2.05, 4.69) is 62.6 Å². The summed E-state index contributed by atoms with van der Waals surface area (Å²) in [4.78, 5) is 0. The summed E-state index contributed by atoms with van der Waals surface area (Å²) in [6.07, 6.45) is 12.5. The van der Waals surface area contributed by atoms with Crippen molar-refractivity contribution < 1.29 is 0 Å². The van der Waals surface area contributed by atoms with E-state index in [1.54, 1.807) is 0 Å². The number of hydrogen-bond acceptors (Lipinski definition) is 0. The number of allylic oxidation sites excluding steroid dienone is 3. The van der Waals surface area contributed by atoms with Crippen molar-refractivity contribution in [2.24, 2.45) is 5.41 Å². The lowest BCUT2D eigenvalue weighted by Crippen LogP contribution is -2.02. The summed E-state index contributed by atoms with van der Waals surface area (Å²) in [6.45, 7) is 9.81. The molecule has 0 nitrogen and oxygen atoms in total. The molecule has 0 N–H and O–H groups in total. The Morgan fingerprint density at radius 3 is 2.38 bits per heavy atom. The molecule has 1 aliphatic rings. The average molecular weight is 208 g/mol. The molecule has 0 radical (unpaired) electrons. The number of hydrogen-bond donors (Lipinski definition) is 0. The first kappa shape index (κ1) is 10.7. The Morgan fingerprint density at radius 1 is 1.06 bits per heavy atom. The molecule has 1 aromatic rings. The summed E-state index contributed by atoms with van der Waals surface area (Å²) in [5, 5.41) is 0. The van der Waals surface area contributed by atoms with Gasteiger partial charge < -0.3 is 0 Å². The van der Waals surface area contributed by atoms with E-state index in [0.29, 0.717) is 0 Å². The van der Waals surface area contributed by atoms with Gasteiger partial charge in [-0.05, 0) is 29.7 Å². The molecule has 80 valence electrons. The van der Waals surface area contributed by atoms with Crippen LogP contribution < -0.4 is 0 Å². The third-order valence-corrected chi connectivity index (χ3v) is 3.03. The fraction of sp³-hybridized carbons (Fsp3) is 0.125. The van der Waals surface area contributed by atoms with E-state index in [1.807, 2.05) is 12.2 Å². The third-order valence-electron chi connectivity index (χ3n) is 3.03. The molecule has 0 heteroatoms. The van der Waals surface area contributed by atoms with E-state index < -0.39 is 0 Å². The molecule has 0 saturated carbocycles. The van der Waals surface area contributed by atoms with Gasteiger partial charge in [-0.15, -0.1) is 6.58 Å². The first-order valence-corrected chi connectivity index (χ1v) is 5.45. The Labute approximate surface area is 97.3 Å². The highest BCUT2D eigenvalue weighted by atomic mass is 14.2. The predicted molar refractivity (Wildman–Crippen MR) is 72.9 cm³/mol.